The van der Waals surface area contributed by atoms with Gasteiger partial charge in [0, 0.05) is 0 Å². The van der Waals surface area contributed by atoms with Gasteiger partial charge >= 0.3 is 20.3 Å². The number of nitrogens with one attached hydrogen (secondary N) is 1. The van der Waals surface area contributed by atoms with E-state index >= 15 is 0 Å². The number of fused-ring (bicyclic) bond motifs is 1. The molecule has 37 heavy (non-hydrogen) atoms. The number of hydrogen-bond donors (Lipinski definition) is 4. The summed E-state index contributed by atoms with van der Waals surface area (Å²) in [6, 6.07) is 1.68. The summed E-state index contributed by atoms with van der Waals surface area (Å²) in [5.74, 6) is -0.995. The van der Waals surface area contributed by atoms with Gasteiger partial charge in [-0.25, -0.2) is 13.9 Å². The zero-order valence-corrected chi connectivity index (χ0v) is 20.9. The fraction of sp³-hybridized carbons (Fsp3) is 0.650. The summed E-state index contributed by atoms with van der Waals surface area (Å²) in [5, 5.41) is 27.3. The second kappa shape index (κ2) is 10.7. The maximum absolute atomic E-state index is 14.1. The van der Waals surface area contributed by atoms with Crippen molar-refractivity contribution >= 4 is 25.5 Å². The summed E-state index contributed by atoms with van der Waals surface area (Å²) in [7, 11) is -2.90. The van der Waals surface area contributed by atoms with Crippen molar-refractivity contribution in [1.82, 2.24) is 19.7 Å². The lowest BCUT2D eigenvalue weighted by molar-refractivity contribution is -0.226. The zero-order chi connectivity index (χ0) is 27.8. The molecule has 12 nitrogen and oxygen atoms in total. The summed E-state index contributed by atoms with van der Waals surface area (Å²) in [4.78, 5) is 15.9. The molecule has 17 heteroatoms. The molecule has 0 aromatic carbocycles. The number of halogens is 4. The first kappa shape index (κ1) is 29.1. The molecule has 6 atom stereocenters. The zero-order valence-electron chi connectivity index (χ0n) is 20.0. The summed E-state index contributed by atoms with van der Waals surface area (Å²) in [6.45, 7) is -0.249. The van der Waals surface area contributed by atoms with Crippen molar-refractivity contribution in [1.29, 1.82) is 0 Å². The Morgan fingerprint density at radius 2 is 2.05 bits per heavy atom. The number of aromatic nitrogens is 3. The SMILES string of the molecule is C[C@H](N[P+](=O)OC[C@@]1(CF)O[C@@H](c2ccc3c(N)ncnn23)[C@H](O)[C@@H]1O)C(=O)OCC(C)(C)C(F)(F)F. The summed E-state index contributed by atoms with van der Waals surface area (Å²) in [5.41, 5.74) is 1.95. The van der Waals surface area contributed by atoms with E-state index in [4.69, 9.17) is 15.0 Å². The van der Waals surface area contributed by atoms with Gasteiger partial charge in [0.25, 0.3) is 0 Å². The van der Waals surface area contributed by atoms with Crippen molar-refractivity contribution in [2.45, 2.75) is 56.9 Å². The molecule has 3 heterocycles. The quantitative estimate of drug-likeness (QED) is 0.190. The van der Waals surface area contributed by atoms with Crippen molar-refractivity contribution in [2.75, 3.05) is 25.6 Å². The van der Waals surface area contributed by atoms with Gasteiger partial charge in [-0.05, 0) is 37.5 Å². The molecule has 0 saturated carbocycles. The number of carbonyl (C=O) groups excluding carboxylic acids is 1. The average Bonchev–Trinajstić information content (AvgIpc) is 3.36. The van der Waals surface area contributed by atoms with Crippen molar-refractivity contribution < 1.29 is 51.1 Å². The third kappa shape index (κ3) is 5.84. The topological polar surface area (TPSA) is 171 Å². The molecular weight excluding hydrogens is 529 g/mol. The molecule has 0 aliphatic carbocycles. The van der Waals surface area contributed by atoms with E-state index in [9.17, 15) is 37.1 Å². The molecule has 2 aromatic rings. The number of rotatable bonds is 10. The number of nitrogen functional groups attached to an aromatic ring is 1. The molecule has 1 aliphatic rings. The van der Waals surface area contributed by atoms with Crippen LogP contribution in [0, 0.1) is 5.41 Å². The van der Waals surface area contributed by atoms with Crippen LogP contribution in [-0.4, -0.2) is 80.7 Å². The van der Waals surface area contributed by atoms with E-state index in [0.717, 1.165) is 20.2 Å². The first-order valence-corrected chi connectivity index (χ1v) is 12.1. The van der Waals surface area contributed by atoms with E-state index in [1.165, 1.54) is 23.6 Å². The Morgan fingerprint density at radius 1 is 1.38 bits per heavy atom. The lowest BCUT2D eigenvalue weighted by atomic mass is 9.94. The smallest absolute Gasteiger partial charge is 0.463 e. The van der Waals surface area contributed by atoms with Gasteiger partial charge in [-0.3, -0.25) is 4.79 Å². The average molecular weight is 556 g/mol. The van der Waals surface area contributed by atoms with Crippen molar-refractivity contribution in [3.05, 3.63) is 24.2 Å². The molecule has 0 bridgehead atoms. The fourth-order valence-electron chi connectivity index (χ4n) is 3.44. The Bertz CT molecular complexity index is 1150. The van der Waals surface area contributed by atoms with Gasteiger partial charge in [0.1, 0.15) is 56.1 Å². The number of aliphatic hydroxyl groups excluding tert-OH is 2. The lowest BCUT2D eigenvalue weighted by Gasteiger charge is -2.27. The van der Waals surface area contributed by atoms with Crippen LogP contribution in [0.5, 0.6) is 0 Å². The second-order valence-electron chi connectivity index (χ2n) is 9.24. The largest absolute Gasteiger partial charge is 0.613 e. The van der Waals surface area contributed by atoms with Crippen LogP contribution in [0.1, 0.15) is 32.6 Å². The third-order valence-corrected chi connectivity index (χ3v) is 6.95. The number of carbonyl (C=O) groups is 1. The van der Waals surface area contributed by atoms with Crippen LogP contribution in [0.3, 0.4) is 0 Å². The Hall–Kier alpha value is -2.49. The van der Waals surface area contributed by atoms with Gasteiger partial charge in [-0.2, -0.15) is 18.3 Å². The van der Waals surface area contributed by atoms with Gasteiger partial charge in [-0.1, -0.05) is 5.09 Å². The monoisotopic (exact) mass is 556 g/mol. The normalized spacial score (nSPS) is 25.9. The standard InChI is InChI=1S/C20H27F4N5O7P/c1-10(17(32)34-7-18(2,3)20(22,23)24)28-37(33)35-8-19(6-21)15(31)13(30)14(36-19)11-4-5-12-16(25)26-9-27-29(11)12/h4-5,9-10,13-15,30-31H,6-8H2,1-3H3,(H,28,33)(H2,25,26,27)/q+1/t10-,13-,14-,15-,19+/m0/s1. The predicted molar refractivity (Wildman–Crippen MR) is 119 cm³/mol. The van der Waals surface area contributed by atoms with E-state index < -0.39 is 75.6 Å². The highest BCUT2D eigenvalue weighted by Crippen LogP contribution is 2.42. The van der Waals surface area contributed by atoms with E-state index in [1.54, 1.807) is 0 Å². The first-order chi connectivity index (χ1) is 17.1. The van der Waals surface area contributed by atoms with Crippen LogP contribution in [0.25, 0.3) is 5.52 Å². The van der Waals surface area contributed by atoms with Crippen LogP contribution in [0.4, 0.5) is 23.4 Å². The number of hydrogen-bond acceptors (Lipinski definition) is 10. The molecule has 1 unspecified atom stereocenters. The molecular formula is C20H27F4N5O7P+. The van der Waals surface area contributed by atoms with Gasteiger partial charge in [-0.15, -0.1) is 4.52 Å². The Balaban J connectivity index is 1.62. The predicted octanol–water partition coefficient (Wildman–Crippen LogP) is 1.60. The number of ether oxygens (including phenoxy) is 2. The number of esters is 1. The second-order valence-corrected chi connectivity index (χ2v) is 10.3. The molecule has 1 aliphatic heterocycles. The maximum atomic E-state index is 14.1. The van der Waals surface area contributed by atoms with E-state index in [-0.39, 0.29) is 11.5 Å². The van der Waals surface area contributed by atoms with E-state index in [2.05, 4.69) is 19.9 Å². The lowest BCUT2D eigenvalue weighted by Crippen LogP contribution is -2.48. The molecule has 1 fully saturated rings. The number of aliphatic hydroxyl groups is 2. The molecule has 3 rings (SSSR count). The fourth-order valence-corrected chi connectivity index (χ4v) is 4.27. The van der Waals surface area contributed by atoms with Crippen LogP contribution < -0.4 is 10.8 Å². The molecule has 5 N–H and O–H groups in total. The molecule has 0 spiro atoms. The summed E-state index contributed by atoms with van der Waals surface area (Å²) >= 11 is 0. The molecule has 206 valence electrons. The summed E-state index contributed by atoms with van der Waals surface area (Å²) < 4.78 is 81.8. The molecule has 0 radical (unpaired) electrons. The Labute approximate surface area is 209 Å². The van der Waals surface area contributed by atoms with E-state index in [1.807, 2.05) is 0 Å². The van der Waals surface area contributed by atoms with Gasteiger partial charge < -0.3 is 25.4 Å². The van der Waals surface area contributed by atoms with Crippen LogP contribution in [0.2, 0.25) is 0 Å². The molecule has 2 aromatic heterocycles. The van der Waals surface area contributed by atoms with Crippen LogP contribution in [-0.2, 0) is 23.4 Å². The minimum absolute atomic E-state index is 0.132. The molecule has 0 amide bonds. The number of nitrogens with two attached hydrogens (primary N) is 1. The highest BCUT2D eigenvalue weighted by molar-refractivity contribution is 7.36. The minimum atomic E-state index is -4.61. The molecule has 1 saturated heterocycles. The van der Waals surface area contributed by atoms with Gasteiger partial charge in [0.05, 0.1) is 11.1 Å². The van der Waals surface area contributed by atoms with Crippen molar-refractivity contribution in [3.8, 4) is 0 Å². The van der Waals surface area contributed by atoms with Crippen LogP contribution in [0.15, 0.2) is 18.5 Å². The van der Waals surface area contributed by atoms with Gasteiger partial charge in [0.2, 0.25) is 0 Å². The Kier molecular flexibility index (Phi) is 8.41. The maximum Gasteiger partial charge on any atom is 0.613 e. The van der Waals surface area contributed by atoms with Gasteiger partial charge in [0.15, 0.2) is 11.4 Å². The number of anilines is 1. The van der Waals surface area contributed by atoms with Crippen molar-refractivity contribution in [2.24, 2.45) is 5.41 Å². The number of nitrogens with zero attached hydrogens (tertiary/aromatic N) is 3. The van der Waals surface area contributed by atoms with E-state index in [0.29, 0.717) is 5.52 Å². The Morgan fingerprint density at radius 3 is 2.68 bits per heavy atom. The highest BCUT2D eigenvalue weighted by atomic mass is 31.1. The minimum Gasteiger partial charge on any atom is -0.463 e. The third-order valence-electron chi connectivity index (χ3n) is 5.98. The summed E-state index contributed by atoms with van der Waals surface area (Å²) in [6.07, 6.45) is -8.19. The van der Waals surface area contributed by atoms with Crippen molar-refractivity contribution in [3.63, 3.8) is 0 Å². The number of alkyl halides is 4. The van der Waals surface area contributed by atoms with Crippen LogP contribution >= 0.6 is 8.18 Å². The first-order valence-electron chi connectivity index (χ1n) is 10.9. The highest BCUT2D eigenvalue weighted by Gasteiger charge is 2.57.